The Morgan fingerprint density at radius 2 is 1.52 bits per heavy atom. The molecule has 0 bridgehead atoms. The van der Waals surface area contributed by atoms with Crippen LogP contribution in [0.25, 0.3) is 0 Å². The summed E-state index contributed by atoms with van der Waals surface area (Å²) in [5, 5.41) is 13.7. The third-order valence-corrected chi connectivity index (χ3v) is 8.13. The molecule has 4 atom stereocenters. The zero-order valence-corrected chi connectivity index (χ0v) is 28.8. The van der Waals surface area contributed by atoms with E-state index in [1.165, 1.54) is 18.9 Å². The Hall–Kier alpha value is -4.74. The van der Waals surface area contributed by atoms with Gasteiger partial charge in [0, 0.05) is 25.6 Å². The van der Waals surface area contributed by atoms with Crippen LogP contribution in [0.2, 0.25) is 0 Å². The van der Waals surface area contributed by atoms with Crippen molar-refractivity contribution in [3.8, 4) is 0 Å². The van der Waals surface area contributed by atoms with Crippen LogP contribution in [-0.2, 0) is 36.8 Å². The Morgan fingerprint density at radius 3 is 2.15 bits per heavy atom. The lowest BCUT2D eigenvalue weighted by atomic mass is 10.0. The third-order valence-electron chi connectivity index (χ3n) is 8.13. The van der Waals surface area contributed by atoms with Gasteiger partial charge in [0.25, 0.3) is 5.91 Å². The summed E-state index contributed by atoms with van der Waals surface area (Å²) < 4.78 is 0. The Bertz CT molecular complexity index is 1430. The van der Waals surface area contributed by atoms with Gasteiger partial charge in [-0.25, -0.2) is 0 Å². The summed E-state index contributed by atoms with van der Waals surface area (Å²) in [4.78, 5) is 81.0. The van der Waals surface area contributed by atoms with Crippen molar-refractivity contribution in [2.24, 2.45) is 11.8 Å². The number of amides is 6. The van der Waals surface area contributed by atoms with Crippen molar-refractivity contribution in [1.82, 2.24) is 31.5 Å². The van der Waals surface area contributed by atoms with Crippen LogP contribution >= 0.6 is 0 Å². The lowest BCUT2D eigenvalue weighted by Crippen LogP contribution is -2.59. The van der Waals surface area contributed by atoms with Gasteiger partial charge in [0.2, 0.25) is 29.5 Å². The topological polar surface area (TPSA) is 166 Å². The van der Waals surface area contributed by atoms with Crippen LogP contribution in [0.4, 0.5) is 0 Å². The number of rotatable bonds is 7. The van der Waals surface area contributed by atoms with Gasteiger partial charge in [0.05, 0.1) is 6.54 Å². The van der Waals surface area contributed by atoms with Crippen molar-refractivity contribution in [3.05, 3.63) is 71.3 Å². The molecule has 0 saturated carbocycles. The smallest absolute Gasteiger partial charge is 0.251 e. The molecule has 2 aromatic rings. The maximum atomic E-state index is 13.6. The maximum Gasteiger partial charge on any atom is 0.251 e. The minimum absolute atomic E-state index is 0.169. The molecule has 1 saturated heterocycles. The van der Waals surface area contributed by atoms with Crippen LogP contribution < -0.4 is 26.6 Å². The quantitative estimate of drug-likeness (QED) is 0.303. The fraction of sp³-hybridized carbons (Fsp3) is 0.500. The highest BCUT2D eigenvalue weighted by Gasteiger charge is 2.32. The molecule has 0 radical (unpaired) electrons. The van der Waals surface area contributed by atoms with Crippen molar-refractivity contribution in [3.63, 3.8) is 0 Å². The van der Waals surface area contributed by atoms with Gasteiger partial charge in [-0.15, -0.1) is 0 Å². The van der Waals surface area contributed by atoms with Gasteiger partial charge in [-0.1, -0.05) is 70.2 Å². The highest BCUT2D eigenvalue weighted by atomic mass is 16.2. The van der Waals surface area contributed by atoms with Crippen molar-refractivity contribution >= 4 is 35.4 Å². The molecule has 3 rings (SSSR count). The Balaban J connectivity index is 1.83. The Kier molecular flexibility index (Phi) is 14.1. The molecular formula is C36H50N6O6. The monoisotopic (exact) mass is 662 g/mol. The van der Waals surface area contributed by atoms with E-state index in [4.69, 9.17) is 0 Å². The summed E-state index contributed by atoms with van der Waals surface area (Å²) in [6, 6.07) is 12.3. The van der Waals surface area contributed by atoms with Gasteiger partial charge in [0.15, 0.2) is 0 Å². The normalized spacial score (nSPS) is 22.2. The van der Waals surface area contributed by atoms with E-state index < -0.39 is 59.6 Å². The fourth-order valence-corrected chi connectivity index (χ4v) is 5.43. The number of hydrogen-bond donors (Lipinski definition) is 5. The van der Waals surface area contributed by atoms with Gasteiger partial charge in [0.1, 0.15) is 24.2 Å². The van der Waals surface area contributed by atoms with Crippen LogP contribution in [0.5, 0.6) is 0 Å². The van der Waals surface area contributed by atoms with Gasteiger partial charge in [-0.05, 0) is 61.3 Å². The summed E-state index contributed by atoms with van der Waals surface area (Å²) in [5.74, 6) is -2.97. The van der Waals surface area contributed by atoms with Crippen molar-refractivity contribution in [2.45, 2.75) is 84.5 Å². The van der Waals surface area contributed by atoms with Crippen LogP contribution in [0, 0.1) is 11.8 Å². The van der Waals surface area contributed by atoms with Crippen LogP contribution in [0.15, 0.2) is 54.6 Å². The molecule has 0 unspecified atom stereocenters. The second kappa shape index (κ2) is 18.0. The summed E-state index contributed by atoms with van der Waals surface area (Å²) in [7, 11) is 1.48. The molecular weight excluding hydrogens is 612 g/mol. The maximum absolute atomic E-state index is 13.6. The lowest BCUT2D eigenvalue weighted by molar-refractivity contribution is -0.139. The van der Waals surface area contributed by atoms with Gasteiger partial charge in [-0.3, -0.25) is 28.8 Å². The SMILES string of the molecule is CC(C)Cc1ccc(C(=O)N[C@H]2CCCNC(=O)CN(C)C(=O)[C@H](Cc3ccccc3)NC(=O)[C@@H](C)NC(=O)[C@@H](C(C)C)NC2=O)cc1. The van der Waals surface area contributed by atoms with Gasteiger partial charge < -0.3 is 31.5 Å². The van der Waals surface area contributed by atoms with Crippen LogP contribution in [0.1, 0.15) is 68.9 Å². The number of benzene rings is 2. The van der Waals surface area contributed by atoms with Crippen molar-refractivity contribution < 1.29 is 28.8 Å². The van der Waals surface area contributed by atoms with E-state index in [1.54, 1.807) is 26.0 Å². The standard InChI is InChI=1S/C36H50N6O6/c1-22(2)19-26-14-16-27(17-15-26)33(45)39-28-13-10-18-37-30(43)21-42(6)36(48)29(20-25-11-8-7-9-12-25)40-32(44)24(5)38-35(47)31(23(3)4)41-34(28)46/h7-9,11-12,14-17,22-24,28-29,31H,10,13,18-21H2,1-6H3,(H,37,43)(H,38,47)(H,39,45)(H,40,44)(H,41,46)/t24-,28+,29+,31-/m1/s1. The molecule has 2 aromatic carbocycles. The summed E-state index contributed by atoms with van der Waals surface area (Å²) in [6.45, 7) is 9.15. The van der Waals surface area contributed by atoms with Crippen LogP contribution in [0.3, 0.4) is 0 Å². The summed E-state index contributed by atoms with van der Waals surface area (Å²) >= 11 is 0. The Labute approximate surface area is 283 Å². The largest absolute Gasteiger partial charge is 0.355 e. The molecule has 12 heteroatoms. The Morgan fingerprint density at radius 1 is 0.854 bits per heavy atom. The molecule has 48 heavy (non-hydrogen) atoms. The minimum atomic E-state index is -1.05. The van der Waals surface area contributed by atoms with E-state index in [-0.39, 0.29) is 31.8 Å². The molecule has 5 N–H and O–H groups in total. The zero-order valence-electron chi connectivity index (χ0n) is 28.8. The molecule has 0 aromatic heterocycles. The summed E-state index contributed by atoms with van der Waals surface area (Å²) in [5.41, 5.74) is 2.29. The number of carbonyl (C=O) groups is 6. The highest BCUT2D eigenvalue weighted by Crippen LogP contribution is 2.12. The minimum Gasteiger partial charge on any atom is -0.355 e. The molecule has 1 fully saturated rings. The van der Waals surface area contributed by atoms with E-state index in [9.17, 15) is 28.8 Å². The lowest BCUT2D eigenvalue weighted by Gasteiger charge is -2.28. The fourth-order valence-electron chi connectivity index (χ4n) is 5.43. The van der Waals surface area contributed by atoms with E-state index in [0.29, 0.717) is 17.9 Å². The number of carbonyl (C=O) groups excluding carboxylic acids is 6. The zero-order chi connectivity index (χ0) is 35.4. The number of nitrogens with one attached hydrogen (secondary N) is 5. The molecule has 260 valence electrons. The van der Waals surface area contributed by atoms with E-state index in [0.717, 1.165) is 17.5 Å². The van der Waals surface area contributed by atoms with Gasteiger partial charge >= 0.3 is 0 Å². The third kappa shape index (κ3) is 11.5. The molecule has 1 aliphatic heterocycles. The van der Waals surface area contributed by atoms with Crippen molar-refractivity contribution in [2.75, 3.05) is 20.1 Å². The number of hydrogen-bond acceptors (Lipinski definition) is 6. The molecule has 12 nitrogen and oxygen atoms in total. The molecule has 0 aliphatic carbocycles. The van der Waals surface area contributed by atoms with E-state index >= 15 is 0 Å². The molecule has 0 spiro atoms. The average molecular weight is 663 g/mol. The van der Waals surface area contributed by atoms with E-state index in [2.05, 4.69) is 40.4 Å². The molecule has 1 heterocycles. The predicted octanol–water partition coefficient (Wildman–Crippen LogP) is 1.72. The van der Waals surface area contributed by atoms with Crippen LogP contribution in [-0.4, -0.2) is 84.6 Å². The first kappa shape index (κ1) is 37.7. The highest BCUT2D eigenvalue weighted by molar-refractivity contribution is 5.99. The van der Waals surface area contributed by atoms with E-state index in [1.807, 2.05) is 42.5 Å². The molecule has 6 amide bonds. The number of likely N-dealkylation sites (N-methyl/N-ethyl adjacent to an activating group) is 1. The van der Waals surface area contributed by atoms with Crippen molar-refractivity contribution in [1.29, 1.82) is 0 Å². The second-order valence-corrected chi connectivity index (χ2v) is 13.2. The first-order valence-electron chi connectivity index (χ1n) is 16.6. The summed E-state index contributed by atoms with van der Waals surface area (Å²) in [6.07, 6.45) is 1.55. The number of nitrogens with zero attached hydrogens (tertiary/aromatic N) is 1. The average Bonchev–Trinajstić information content (AvgIpc) is 3.03. The second-order valence-electron chi connectivity index (χ2n) is 13.2. The van der Waals surface area contributed by atoms with Gasteiger partial charge in [-0.2, -0.15) is 0 Å². The first-order chi connectivity index (χ1) is 22.7. The molecule has 1 aliphatic rings. The predicted molar refractivity (Wildman–Crippen MR) is 183 cm³/mol. The first-order valence-corrected chi connectivity index (χ1v) is 16.6.